The van der Waals surface area contributed by atoms with E-state index in [9.17, 15) is 10.1 Å². The van der Waals surface area contributed by atoms with Gasteiger partial charge in [0.05, 0.1) is 10.5 Å². The van der Waals surface area contributed by atoms with E-state index < -0.39 is 0 Å². The van der Waals surface area contributed by atoms with E-state index in [1.165, 1.54) is 66.3 Å². The zero-order valence-electron chi connectivity index (χ0n) is 27.0. The van der Waals surface area contributed by atoms with Gasteiger partial charge in [0, 0.05) is 47.6 Å². The van der Waals surface area contributed by atoms with Crippen LogP contribution in [0.5, 0.6) is 0 Å². The SMILES string of the molecule is CC1(C)c2cc(Br)ccc2-c2cc3[nH]c4ccccc4c3cc21.CC1(C)c2cc(Br)ccc2-c2ccc(-c3ccccc3[N+](=O)[O-])cc21. The molecular weight excluding hydrogens is 724 g/mol. The molecule has 1 heterocycles. The van der Waals surface area contributed by atoms with Crippen molar-refractivity contribution in [1.29, 1.82) is 0 Å². The van der Waals surface area contributed by atoms with Gasteiger partial charge in [0.2, 0.25) is 0 Å². The van der Waals surface area contributed by atoms with Crippen LogP contribution in [0.25, 0.3) is 55.2 Å². The van der Waals surface area contributed by atoms with Crippen molar-refractivity contribution in [3.63, 3.8) is 0 Å². The number of nitrogens with zero attached hydrogens (tertiary/aromatic N) is 1. The van der Waals surface area contributed by atoms with E-state index in [0.717, 1.165) is 14.5 Å². The Balaban J connectivity index is 0.000000140. The lowest BCUT2D eigenvalue weighted by Crippen LogP contribution is -2.15. The summed E-state index contributed by atoms with van der Waals surface area (Å²) in [6.07, 6.45) is 0. The van der Waals surface area contributed by atoms with Crippen LogP contribution < -0.4 is 0 Å². The molecule has 236 valence electrons. The van der Waals surface area contributed by atoms with Gasteiger partial charge in [0.15, 0.2) is 0 Å². The Morgan fingerprint density at radius 2 is 1.08 bits per heavy atom. The van der Waals surface area contributed by atoms with Gasteiger partial charge >= 0.3 is 0 Å². The fourth-order valence-corrected chi connectivity index (χ4v) is 8.53. The van der Waals surface area contributed by atoms with E-state index in [-0.39, 0.29) is 21.4 Å². The van der Waals surface area contributed by atoms with E-state index in [2.05, 4.69) is 149 Å². The molecule has 9 rings (SSSR count). The predicted octanol–water partition coefficient (Wildman–Crippen LogP) is 12.7. The summed E-state index contributed by atoms with van der Waals surface area (Å²) in [5.74, 6) is 0. The van der Waals surface area contributed by atoms with Crippen LogP contribution in [0.2, 0.25) is 0 Å². The lowest BCUT2D eigenvalue weighted by Gasteiger charge is -2.22. The number of para-hydroxylation sites is 2. The molecule has 0 saturated carbocycles. The molecule has 2 aliphatic rings. The first kappa shape index (κ1) is 30.8. The van der Waals surface area contributed by atoms with Crippen LogP contribution in [0, 0.1) is 10.1 Å². The number of aromatic nitrogens is 1. The fourth-order valence-electron chi connectivity index (χ4n) is 7.81. The van der Waals surface area contributed by atoms with Gasteiger partial charge in [0.25, 0.3) is 5.69 Å². The summed E-state index contributed by atoms with van der Waals surface area (Å²) in [4.78, 5) is 14.6. The van der Waals surface area contributed by atoms with Gasteiger partial charge in [-0.15, -0.1) is 0 Å². The highest BCUT2D eigenvalue weighted by Gasteiger charge is 2.37. The molecule has 4 nitrogen and oxygen atoms in total. The summed E-state index contributed by atoms with van der Waals surface area (Å²) in [6.45, 7) is 9.05. The Hall–Kier alpha value is -4.52. The maximum Gasteiger partial charge on any atom is 0.277 e. The monoisotopic (exact) mass is 754 g/mol. The molecule has 0 saturated heterocycles. The molecule has 48 heavy (non-hydrogen) atoms. The lowest BCUT2D eigenvalue weighted by molar-refractivity contribution is -0.384. The number of nitrogens with one attached hydrogen (secondary N) is 1. The largest absolute Gasteiger partial charge is 0.354 e. The van der Waals surface area contributed by atoms with Gasteiger partial charge in [-0.25, -0.2) is 0 Å². The van der Waals surface area contributed by atoms with Gasteiger partial charge in [-0.2, -0.15) is 0 Å². The van der Waals surface area contributed by atoms with Crippen LogP contribution in [-0.4, -0.2) is 9.91 Å². The highest BCUT2D eigenvalue weighted by atomic mass is 79.9. The maximum absolute atomic E-state index is 11.4. The van der Waals surface area contributed by atoms with Crippen molar-refractivity contribution in [2.45, 2.75) is 38.5 Å². The minimum atomic E-state index is -0.320. The number of rotatable bonds is 2. The molecule has 0 radical (unpaired) electrons. The second-order valence-electron chi connectivity index (χ2n) is 13.8. The summed E-state index contributed by atoms with van der Waals surface area (Å²) >= 11 is 7.19. The summed E-state index contributed by atoms with van der Waals surface area (Å²) in [6, 6.07) is 39.3. The van der Waals surface area contributed by atoms with Crippen LogP contribution in [-0.2, 0) is 10.8 Å². The molecule has 1 N–H and O–H groups in total. The van der Waals surface area contributed by atoms with Crippen molar-refractivity contribution in [1.82, 2.24) is 4.98 Å². The quantitative estimate of drug-likeness (QED) is 0.141. The van der Waals surface area contributed by atoms with Gasteiger partial charge in [-0.1, -0.05) is 114 Å². The molecular formula is C42H32Br2N2O2. The normalized spacial score (nSPS) is 14.5. The first-order valence-electron chi connectivity index (χ1n) is 16.0. The molecule has 0 unspecified atom stereocenters. The summed E-state index contributed by atoms with van der Waals surface area (Å²) in [5, 5.41) is 14.0. The Morgan fingerprint density at radius 1 is 0.542 bits per heavy atom. The van der Waals surface area contributed by atoms with Gasteiger partial charge in [0.1, 0.15) is 0 Å². The van der Waals surface area contributed by atoms with Crippen molar-refractivity contribution in [2.24, 2.45) is 0 Å². The van der Waals surface area contributed by atoms with E-state index in [4.69, 9.17) is 0 Å². The lowest BCUT2D eigenvalue weighted by atomic mass is 9.81. The van der Waals surface area contributed by atoms with Crippen LogP contribution >= 0.6 is 31.9 Å². The molecule has 0 aliphatic heterocycles. The molecule has 0 amide bonds. The smallest absolute Gasteiger partial charge is 0.277 e. The molecule has 7 aromatic rings. The second kappa shape index (κ2) is 11.0. The number of fused-ring (bicyclic) bond motifs is 9. The molecule has 0 spiro atoms. The minimum absolute atomic E-state index is 0.0288. The van der Waals surface area contributed by atoms with Crippen LogP contribution in [0.3, 0.4) is 0 Å². The van der Waals surface area contributed by atoms with E-state index in [0.29, 0.717) is 5.56 Å². The number of nitro groups is 1. The Labute approximate surface area is 296 Å². The van der Waals surface area contributed by atoms with E-state index >= 15 is 0 Å². The fraction of sp³-hybridized carbons (Fsp3) is 0.143. The van der Waals surface area contributed by atoms with Crippen molar-refractivity contribution in [3.05, 3.63) is 157 Å². The summed E-state index contributed by atoms with van der Waals surface area (Å²) in [5.41, 5.74) is 14.4. The molecule has 1 aromatic heterocycles. The van der Waals surface area contributed by atoms with Crippen molar-refractivity contribution >= 4 is 59.4 Å². The third-order valence-electron chi connectivity index (χ3n) is 10.3. The predicted molar refractivity (Wildman–Crippen MR) is 205 cm³/mol. The number of halogens is 2. The number of hydrogen-bond acceptors (Lipinski definition) is 2. The van der Waals surface area contributed by atoms with Crippen molar-refractivity contribution < 1.29 is 4.92 Å². The van der Waals surface area contributed by atoms with Crippen LogP contribution in [0.15, 0.2) is 124 Å². The highest BCUT2D eigenvalue weighted by molar-refractivity contribution is 9.10. The topological polar surface area (TPSA) is 58.9 Å². The summed E-state index contributed by atoms with van der Waals surface area (Å²) < 4.78 is 2.21. The van der Waals surface area contributed by atoms with Crippen LogP contribution in [0.1, 0.15) is 49.9 Å². The first-order valence-corrected chi connectivity index (χ1v) is 17.6. The average Bonchev–Trinajstić information content (AvgIpc) is 3.62. The molecule has 6 aromatic carbocycles. The Kier molecular flexibility index (Phi) is 7.06. The number of benzene rings is 6. The first-order chi connectivity index (χ1) is 22.9. The Morgan fingerprint density at radius 3 is 1.75 bits per heavy atom. The van der Waals surface area contributed by atoms with Crippen molar-refractivity contribution in [3.8, 4) is 33.4 Å². The zero-order chi connectivity index (χ0) is 33.5. The average molecular weight is 757 g/mol. The molecule has 0 bridgehead atoms. The molecule has 2 aliphatic carbocycles. The number of aromatic amines is 1. The molecule has 6 heteroatoms. The van der Waals surface area contributed by atoms with Gasteiger partial charge in [-0.3, -0.25) is 10.1 Å². The van der Waals surface area contributed by atoms with Gasteiger partial charge < -0.3 is 4.98 Å². The van der Waals surface area contributed by atoms with Crippen LogP contribution in [0.4, 0.5) is 5.69 Å². The third-order valence-corrected chi connectivity index (χ3v) is 11.3. The Bertz CT molecular complexity index is 2470. The molecule has 0 fully saturated rings. The second-order valence-corrected chi connectivity index (χ2v) is 15.6. The van der Waals surface area contributed by atoms with Gasteiger partial charge in [-0.05, 0) is 105 Å². The standard InChI is InChI=1S/C21H16BrNO2.C21H16BrN/c1-21(2)18-11-13(15-5-3-4-6-20(15)23(24)25)7-9-16(18)17-10-8-14(22)12-19(17)21;1-21(2)17-9-12(22)7-8-13(17)15-11-20-16(10-18(15)21)14-5-3-4-6-19(14)23-20/h3-12H,1-2H3;3-11,23H,1-2H3. The van der Waals surface area contributed by atoms with Crippen molar-refractivity contribution in [2.75, 3.05) is 0 Å². The molecule has 0 atom stereocenters. The number of nitro benzene ring substituents is 1. The van der Waals surface area contributed by atoms with E-state index in [1.54, 1.807) is 12.1 Å². The third kappa shape index (κ3) is 4.68. The highest BCUT2D eigenvalue weighted by Crippen LogP contribution is 2.52. The minimum Gasteiger partial charge on any atom is -0.354 e. The van der Waals surface area contributed by atoms with E-state index in [1.807, 2.05) is 18.2 Å². The zero-order valence-corrected chi connectivity index (χ0v) is 30.2. The maximum atomic E-state index is 11.4. The summed E-state index contributed by atoms with van der Waals surface area (Å²) in [7, 11) is 0. The number of hydrogen-bond donors (Lipinski definition) is 1. The number of H-pyrrole nitrogens is 1.